The number of hydrogen-bond acceptors (Lipinski definition) is 4. The second-order valence-electron chi connectivity index (χ2n) is 5.90. The van der Waals surface area contributed by atoms with Crippen molar-refractivity contribution in [3.8, 4) is 0 Å². The van der Waals surface area contributed by atoms with Crippen LogP contribution in [0.4, 0.5) is 5.69 Å². The summed E-state index contributed by atoms with van der Waals surface area (Å²) in [6, 6.07) is 8.32. The van der Waals surface area contributed by atoms with Crippen molar-refractivity contribution < 1.29 is 13.2 Å². The fraction of sp³-hybridized carbons (Fsp3) is 0.600. The molecule has 0 spiro atoms. The van der Waals surface area contributed by atoms with Gasteiger partial charge < -0.3 is 9.64 Å². The summed E-state index contributed by atoms with van der Waals surface area (Å²) < 4.78 is 30.5. The highest BCUT2D eigenvalue weighted by Gasteiger charge is 2.30. The molecule has 1 aromatic rings. The molecule has 2 aliphatic rings. The van der Waals surface area contributed by atoms with Crippen LogP contribution >= 0.6 is 0 Å². The van der Waals surface area contributed by atoms with Gasteiger partial charge in [0.05, 0.1) is 19.5 Å². The minimum atomic E-state index is -3.05. The first-order valence-electron chi connectivity index (χ1n) is 7.40. The molecule has 6 heteroatoms. The van der Waals surface area contributed by atoms with Gasteiger partial charge in [-0.3, -0.25) is 0 Å². The smallest absolute Gasteiger partial charge is 0.211 e. The van der Waals surface area contributed by atoms with E-state index in [0.717, 1.165) is 26.1 Å². The van der Waals surface area contributed by atoms with Crippen LogP contribution in [0.2, 0.25) is 0 Å². The van der Waals surface area contributed by atoms with Crippen LogP contribution in [0.1, 0.15) is 12.0 Å². The molecule has 0 N–H and O–H groups in total. The van der Waals surface area contributed by atoms with Gasteiger partial charge in [0.1, 0.15) is 0 Å². The summed E-state index contributed by atoms with van der Waals surface area (Å²) in [5.41, 5.74) is 2.45. The number of benzene rings is 1. The molecule has 2 aliphatic heterocycles. The first kappa shape index (κ1) is 14.8. The summed E-state index contributed by atoms with van der Waals surface area (Å²) in [7, 11) is -3.05. The average Bonchev–Trinajstić information content (AvgIpc) is 2.82. The standard InChI is InChI=1S/C15H22N2O3S/c1-21(18,19)17-7-6-13(11-17)10-16-8-9-20-12-14-4-2-3-5-15(14)16/h2-5,13H,6-12H2,1H3. The average molecular weight is 310 g/mol. The van der Waals surface area contributed by atoms with Gasteiger partial charge in [-0.25, -0.2) is 12.7 Å². The van der Waals surface area contributed by atoms with Crippen LogP contribution in [0, 0.1) is 5.92 Å². The molecule has 2 heterocycles. The fourth-order valence-corrected chi connectivity index (χ4v) is 4.09. The molecule has 0 saturated carbocycles. The summed E-state index contributed by atoms with van der Waals surface area (Å²) in [5.74, 6) is 0.394. The van der Waals surface area contributed by atoms with Crippen molar-refractivity contribution in [1.29, 1.82) is 0 Å². The molecular weight excluding hydrogens is 288 g/mol. The molecule has 0 aliphatic carbocycles. The predicted molar refractivity (Wildman–Crippen MR) is 82.8 cm³/mol. The Bertz CT molecular complexity index is 603. The number of sulfonamides is 1. The first-order valence-corrected chi connectivity index (χ1v) is 9.24. The molecule has 1 aromatic carbocycles. The summed E-state index contributed by atoms with van der Waals surface area (Å²) in [4.78, 5) is 2.35. The van der Waals surface area contributed by atoms with Gasteiger partial charge in [0.15, 0.2) is 0 Å². The van der Waals surface area contributed by atoms with Gasteiger partial charge in [0.25, 0.3) is 0 Å². The Morgan fingerprint density at radius 2 is 2.10 bits per heavy atom. The van der Waals surface area contributed by atoms with E-state index < -0.39 is 10.0 Å². The second-order valence-corrected chi connectivity index (χ2v) is 7.89. The van der Waals surface area contributed by atoms with Crippen molar-refractivity contribution in [3.05, 3.63) is 29.8 Å². The molecule has 0 bridgehead atoms. The summed E-state index contributed by atoms with van der Waals surface area (Å²) in [6.07, 6.45) is 2.23. The number of para-hydroxylation sites is 1. The van der Waals surface area contributed by atoms with Crippen molar-refractivity contribution in [3.63, 3.8) is 0 Å². The first-order chi connectivity index (χ1) is 10.0. The van der Waals surface area contributed by atoms with E-state index in [1.165, 1.54) is 17.5 Å². The predicted octanol–water partition coefficient (Wildman–Crippen LogP) is 1.30. The Morgan fingerprint density at radius 1 is 1.29 bits per heavy atom. The van der Waals surface area contributed by atoms with Gasteiger partial charge in [-0.2, -0.15) is 0 Å². The molecular formula is C15H22N2O3S. The zero-order valence-electron chi connectivity index (χ0n) is 12.4. The van der Waals surface area contributed by atoms with E-state index in [1.54, 1.807) is 4.31 Å². The monoisotopic (exact) mass is 310 g/mol. The minimum Gasteiger partial charge on any atom is -0.375 e. The van der Waals surface area contributed by atoms with E-state index in [4.69, 9.17) is 4.74 Å². The third-order valence-corrected chi connectivity index (χ3v) is 5.56. The lowest BCUT2D eigenvalue weighted by molar-refractivity contribution is 0.132. The number of rotatable bonds is 3. The van der Waals surface area contributed by atoms with Crippen molar-refractivity contribution in [2.24, 2.45) is 5.92 Å². The molecule has 3 rings (SSSR count). The molecule has 1 unspecified atom stereocenters. The molecule has 0 aromatic heterocycles. The van der Waals surface area contributed by atoms with E-state index >= 15 is 0 Å². The Kier molecular flexibility index (Phi) is 4.19. The van der Waals surface area contributed by atoms with Gasteiger partial charge in [0.2, 0.25) is 10.0 Å². The van der Waals surface area contributed by atoms with Crippen LogP contribution < -0.4 is 4.90 Å². The minimum absolute atomic E-state index is 0.394. The lowest BCUT2D eigenvalue weighted by Gasteiger charge is -2.27. The van der Waals surface area contributed by atoms with Crippen LogP contribution in [0.15, 0.2) is 24.3 Å². The van der Waals surface area contributed by atoms with Crippen molar-refractivity contribution in [2.75, 3.05) is 43.9 Å². The zero-order valence-corrected chi connectivity index (χ0v) is 13.2. The summed E-state index contributed by atoms with van der Waals surface area (Å²) in [5, 5.41) is 0. The Hall–Kier alpha value is -1.11. The van der Waals surface area contributed by atoms with E-state index in [-0.39, 0.29) is 0 Å². The highest BCUT2D eigenvalue weighted by molar-refractivity contribution is 7.88. The molecule has 116 valence electrons. The highest BCUT2D eigenvalue weighted by Crippen LogP contribution is 2.27. The SMILES string of the molecule is CS(=O)(=O)N1CCC(CN2CCOCc3ccccc32)C1. The Balaban J connectivity index is 1.71. The van der Waals surface area contributed by atoms with Crippen LogP contribution in [0.25, 0.3) is 0 Å². The second kappa shape index (κ2) is 5.94. The largest absolute Gasteiger partial charge is 0.375 e. The van der Waals surface area contributed by atoms with Crippen LogP contribution in [-0.2, 0) is 21.4 Å². The molecule has 1 saturated heterocycles. The number of fused-ring (bicyclic) bond motifs is 1. The van der Waals surface area contributed by atoms with Gasteiger partial charge in [0, 0.05) is 37.4 Å². The quantitative estimate of drug-likeness (QED) is 0.844. The topological polar surface area (TPSA) is 49.9 Å². The van der Waals surface area contributed by atoms with Crippen molar-refractivity contribution in [1.82, 2.24) is 4.31 Å². The fourth-order valence-electron chi connectivity index (χ4n) is 3.17. The van der Waals surface area contributed by atoms with E-state index in [1.807, 2.05) is 6.07 Å². The molecule has 1 atom stereocenters. The van der Waals surface area contributed by atoms with Gasteiger partial charge in [-0.15, -0.1) is 0 Å². The molecule has 5 nitrogen and oxygen atoms in total. The summed E-state index contributed by atoms with van der Waals surface area (Å²) >= 11 is 0. The van der Waals surface area contributed by atoms with E-state index in [2.05, 4.69) is 23.1 Å². The van der Waals surface area contributed by atoms with E-state index in [9.17, 15) is 8.42 Å². The molecule has 21 heavy (non-hydrogen) atoms. The van der Waals surface area contributed by atoms with Crippen molar-refractivity contribution in [2.45, 2.75) is 13.0 Å². The van der Waals surface area contributed by atoms with Gasteiger partial charge in [-0.1, -0.05) is 18.2 Å². The van der Waals surface area contributed by atoms with E-state index in [0.29, 0.717) is 25.6 Å². The maximum Gasteiger partial charge on any atom is 0.211 e. The zero-order chi connectivity index (χ0) is 14.9. The normalized spacial score (nSPS) is 23.9. The van der Waals surface area contributed by atoms with Gasteiger partial charge in [-0.05, 0) is 18.4 Å². The van der Waals surface area contributed by atoms with Crippen LogP contribution in [0.5, 0.6) is 0 Å². The van der Waals surface area contributed by atoms with Crippen LogP contribution in [-0.4, -0.2) is 51.8 Å². The maximum atomic E-state index is 11.6. The number of ether oxygens (including phenoxy) is 1. The number of nitrogens with zero attached hydrogens (tertiary/aromatic N) is 2. The third-order valence-electron chi connectivity index (χ3n) is 4.29. The molecule has 0 amide bonds. The van der Waals surface area contributed by atoms with Gasteiger partial charge >= 0.3 is 0 Å². The molecule has 0 radical (unpaired) electrons. The molecule has 1 fully saturated rings. The maximum absolute atomic E-state index is 11.6. The van der Waals surface area contributed by atoms with Crippen LogP contribution in [0.3, 0.4) is 0 Å². The Morgan fingerprint density at radius 3 is 2.86 bits per heavy atom. The lowest BCUT2D eigenvalue weighted by atomic mass is 10.1. The third kappa shape index (κ3) is 3.39. The highest BCUT2D eigenvalue weighted by atomic mass is 32.2. The Labute approximate surface area is 126 Å². The lowest BCUT2D eigenvalue weighted by Crippen LogP contribution is -2.34. The van der Waals surface area contributed by atoms with Crippen molar-refractivity contribution >= 4 is 15.7 Å². The number of hydrogen-bond donors (Lipinski definition) is 0. The number of anilines is 1. The summed E-state index contributed by atoms with van der Waals surface area (Å²) in [6.45, 7) is 4.43.